The van der Waals surface area contributed by atoms with Gasteiger partial charge in [-0.15, -0.1) is 11.8 Å². The van der Waals surface area contributed by atoms with Crippen LogP contribution in [0, 0.1) is 0 Å². The topological polar surface area (TPSA) is 48.6 Å². The Morgan fingerprint density at radius 1 is 1.00 bits per heavy atom. The van der Waals surface area contributed by atoms with Gasteiger partial charge in [0.25, 0.3) is 0 Å². The van der Waals surface area contributed by atoms with Crippen LogP contribution in [0.1, 0.15) is 16.0 Å². The van der Waals surface area contributed by atoms with E-state index in [-0.39, 0.29) is 10.5 Å². The second kappa shape index (κ2) is 5.50. The minimum Gasteiger partial charge on any atom is -0.306 e. The molecule has 0 amide bonds. The van der Waals surface area contributed by atoms with Gasteiger partial charge in [-0.3, -0.25) is 0 Å². The van der Waals surface area contributed by atoms with Crippen LogP contribution in [-0.4, -0.2) is 16.2 Å². The van der Waals surface area contributed by atoms with Crippen molar-refractivity contribution < 1.29 is 0 Å². The minimum atomic E-state index is -0.174. The van der Waals surface area contributed by atoms with Gasteiger partial charge >= 0.3 is 5.69 Å². The maximum Gasteiger partial charge on any atom is 0.323 e. The van der Waals surface area contributed by atoms with E-state index in [0.717, 1.165) is 16.6 Å². The molecule has 20 heavy (non-hydrogen) atoms. The first-order chi connectivity index (χ1) is 9.67. The fraction of sp³-hybridized carbons (Fsp3) is 0.133. The molecule has 0 saturated heterocycles. The standard InChI is InChI=1S/C15H13BrN2OS/c1-20-11-5-2-9(3-6-11)14(16)10-4-7-12-13(8-10)18-15(19)17-12/h2-8,14H,1H3,(H2,17,18,19). The van der Waals surface area contributed by atoms with Crippen molar-refractivity contribution in [1.29, 1.82) is 0 Å². The largest absolute Gasteiger partial charge is 0.323 e. The van der Waals surface area contributed by atoms with Crippen molar-refractivity contribution in [1.82, 2.24) is 9.97 Å². The lowest BCUT2D eigenvalue weighted by Gasteiger charge is -2.11. The van der Waals surface area contributed by atoms with E-state index < -0.39 is 0 Å². The minimum absolute atomic E-state index is 0.112. The second-order valence-electron chi connectivity index (χ2n) is 4.52. The number of halogens is 1. The van der Waals surface area contributed by atoms with Crippen LogP contribution < -0.4 is 5.69 Å². The number of imidazole rings is 1. The summed E-state index contributed by atoms with van der Waals surface area (Å²) in [5.74, 6) is 0. The fourth-order valence-electron chi connectivity index (χ4n) is 2.17. The molecule has 0 aliphatic rings. The van der Waals surface area contributed by atoms with Crippen LogP contribution in [0.4, 0.5) is 0 Å². The molecule has 3 aromatic rings. The summed E-state index contributed by atoms with van der Waals surface area (Å²) in [4.78, 5) is 18.2. The zero-order valence-electron chi connectivity index (χ0n) is 10.8. The van der Waals surface area contributed by atoms with Gasteiger partial charge in [0.05, 0.1) is 15.9 Å². The molecule has 0 radical (unpaired) electrons. The maximum atomic E-state index is 11.3. The fourth-order valence-corrected chi connectivity index (χ4v) is 3.17. The number of thioether (sulfide) groups is 1. The molecular formula is C15H13BrN2OS. The number of nitrogens with one attached hydrogen (secondary N) is 2. The number of hydrogen-bond donors (Lipinski definition) is 2. The van der Waals surface area contributed by atoms with Crippen molar-refractivity contribution >= 4 is 38.7 Å². The Morgan fingerprint density at radius 2 is 1.65 bits per heavy atom. The quantitative estimate of drug-likeness (QED) is 0.553. The van der Waals surface area contributed by atoms with Gasteiger partial charge in [-0.2, -0.15) is 0 Å². The van der Waals surface area contributed by atoms with E-state index in [2.05, 4.69) is 56.4 Å². The highest BCUT2D eigenvalue weighted by Gasteiger charge is 2.11. The van der Waals surface area contributed by atoms with Gasteiger partial charge in [0.15, 0.2) is 0 Å². The summed E-state index contributed by atoms with van der Waals surface area (Å²) in [6.07, 6.45) is 2.07. The van der Waals surface area contributed by atoms with Crippen LogP contribution in [0.5, 0.6) is 0 Å². The molecule has 3 nitrogen and oxygen atoms in total. The van der Waals surface area contributed by atoms with E-state index in [1.807, 2.05) is 18.2 Å². The summed E-state index contributed by atoms with van der Waals surface area (Å²) in [6, 6.07) is 14.4. The summed E-state index contributed by atoms with van der Waals surface area (Å²) >= 11 is 5.45. The van der Waals surface area contributed by atoms with Crippen LogP contribution in [0.25, 0.3) is 11.0 Å². The predicted octanol–water partition coefficient (Wildman–Crippen LogP) is 4.06. The molecule has 0 fully saturated rings. The Labute approximate surface area is 128 Å². The average Bonchev–Trinajstić information content (AvgIpc) is 2.85. The van der Waals surface area contributed by atoms with Crippen molar-refractivity contribution in [2.24, 2.45) is 0 Å². The Balaban J connectivity index is 1.97. The van der Waals surface area contributed by atoms with Crippen LogP contribution in [0.2, 0.25) is 0 Å². The van der Waals surface area contributed by atoms with E-state index in [4.69, 9.17) is 0 Å². The summed E-state index contributed by atoms with van der Waals surface area (Å²) in [6.45, 7) is 0. The molecule has 0 saturated carbocycles. The monoisotopic (exact) mass is 348 g/mol. The van der Waals surface area contributed by atoms with Crippen molar-refractivity contribution in [3.05, 3.63) is 64.1 Å². The second-order valence-corrected chi connectivity index (χ2v) is 6.32. The molecule has 0 spiro atoms. The lowest BCUT2D eigenvalue weighted by Crippen LogP contribution is -1.99. The average molecular weight is 349 g/mol. The molecule has 2 N–H and O–H groups in total. The van der Waals surface area contributed by atoms with Gasteiger partial charge in [0.1, 0.15) is 0 Å². The Morgan fingerprint density at radius 3 is 2.35 bits per heavy atom. The van der Waals surface area contributed by atoms with E-state index in [1.54, 1.807) is 11.8 Å². The molecule has 1 atom stereocenters. The highest BCUT2D eigenvalue weighted by molar-refractivity contribution is 9.09. The number of aromatic amines is 2. The normalized spacial score (nSPS) is 12.7. The smallest absolute Gasteiger partial charge is 0.306 e. The molecule has 1 heterocycles. The van der Waals surface area contributed by atoms with Gasteiger partial charge in [-0.1, -0.05) is 34.1 Å². The Hall–Kier alpha value is -1.46. The third-order valence-corrected chi connectivity index (χ3v) is 5.04. The first kappa shape index (κ1) is 13.5. The van der Waals surface area contributed by atoms with Crippen molar-refractivity contribution in [3.63, 3.8) is 0 Å². The lowest BCUT2D eigenvalue weighted by molar-refractivity contribution is 1.17. The van der Waals surface area contributed by atoms with Gasteiger partial charge in [0.2, 0.25) is 0 Å². The van der Waals surface area contributed by atoms with Crippen molar-refractivity contribution in [3.8, 4) is 0 Å². The van der Waals surface area contributed by atoms with E-state index >= 15 is 0 Å². The Bertz CT molecular complexity index is 791. The van der Waals surface area contributed by atoms with Crippen LogP contribution in [0.15, 0.2) is 52.2 Å². The Kier molecular flexibility index (Phi) is 3.72. The van der Waals surface area contributed by atoms with E-state index in [9.17, 15) is 4.79 Å². The first-order valence-electron chi connectivity index (χ1n) is 6.17. The van der Waals surface area contributed by atoms with Crippen molar-refractivity contribution in [2.75, 3.05) is 6.26 Å². The summed E-state index contributed by atoms with van der Waals surface area (Å²) in [5.41, 5.74) is 3.80. The molecule has 5 heteroatoms. The van der Waals surface area contributed by atoms with Crippen LogP contribution >= 0.6 is 27.7 Å². The number of alkyl halides is 1. The van der Waals surface area contributed by atoms with Gasteiger partial charge in [-0.05, 0) is 41.6 Å². The molecule has 2 aromatic carbocycles. The SMILES string of the molecule is CSc1ccc(C(Br)c2ccc3[nH]c(=O)[nH]c3c2)cc1. The van der Waals surface area contributed by atoms with Crippen molar-refractivity contribution in [2.45, 2.75) is 9.72 Å². The first-order valence-corrected chi connectivity index (χ1v) is 8.31. The zero-order valence-corrected chi connectivity index (χ0v) is 13.2. The summed E-state index contributed by atoms with van der Waals surface area (Å²) < 4.78 is 0. The molecule has 1 unspecified atom stereocenters. The van der Waals surface area contributed by atoms with E-state index in [1.165, 1.54) is 10.5 Å². The van der Waals surface area contributed by atoms with Crippen LogP contribution in [-0.2, 0) is 0 Å². The third-order valence-electron chi connectivity index (χ3n) is 3.24. The number of rotatable bonds is 3. The molecule has 1 aromatic heterocycles. The number of aromatic nitrogens is 2. The molecular weight excluding hydrogens is 336 g/mol. The maximum absolute atomic E-state index is 11.3. The zero-order chi connectivity index (χ0) is 14.1. The van der Waals surface area contributed by atoms with Gasteiger partial charge in [-0.25, -0.2) is 4.79 Å². The predicted molar refractivity (Wildman–Crippen MR) is 87.9 cm³/mol. The lowest BCUT2D eigenvalue weighted by atomic mass is 10.0. The molecule has 0 bridgehead atoms. The summed E-state index contributed by atoms with van der Waals surface area (Å²) in [7, 11) is 0. The number of fused-ring (bicyclic) bond motifs is 1. The highest BCUT2D eigenvalue weighted by atomic mass is 79.9. The molecule has 3 rings (SSSR count). The van der Waals surface area contributed by atoms with Gasteiger partial charge < -0.3 is 9.97 Å². The van der Waals surface area contributed by atoms with Crippen LogP contribution in [0.3, 0.4) is 0 Å². The highest BCUT2D eigenvalue weighted by Crippen LogP contribution is 2.32. The number of benzene rings is 2. The number of H-pyrrole nitrogens is 2. The van der Waals surface area contributed by atoms with Gasteiger partial charge in [0, 0.05) is 4.90 Å². The summed E-state index contributed by atoms with van der Waals surface area (Å²) in [5, 5.41) is 0. The molecule has 102 valence electrons. The van der Waals surface area contributed by atoms with E-state index in [0.29, 0.717) is 0 Å². The number of hydrogen-bond acceptors (Lipinski definition) is 2. The molecule has 0 aliphatic carbocycles. The molecule has 0 aliphatic heterocycles. The third kappa shape index (κ3) is 2.55.